The summed E-state index contributed by atoms with van der Waals surface area (Å²) in [5, 5.41) is 1.22. The monoisotopic (exact) mass is 401 g/mol. The molecule has 3 rings (SSSR count). The molecule has 1 saturated heterocycles. The summed E-state index contributed by atoms with van der Waals surface area (Å²) >= 11 is 7.18. The van der Waals surface area contributed by atoms with Gasteiger partial charge in [-0.15, -0.1) is 0 Å². The minimum Gasteiger partial charge on any atom is -0.484 e. The number of nitrogens with zero attached hydrogens (tertiary/aromatic N) is 2. The molecule has 1 aliphatic rings. The average Bonchev–Trinajstić information content (AvgIpc) is 2.91. The highest BCUT2D eigenvalue weighted by Crippen LogP contribution is 2.33. The second-order valence-corrected chi connectivity index (χ2v) is 7.12. The lowest BCUT2D eigenvalue weighted by Crippen LogP contribution is -2.23. The fourth-order valence-electron chi connectivity index (χ4n) is 2.24. The van der Waals surface area contributed by atoms with E-state index in [1.54, 1.807) is 61.7 Å². The van der Waals surface area contributed by atoms with Gasteiger partial charge in [-0.1, -0.05) is 23.7 Å². The Kier molecular flexibility index (Phi) is 5.83. The van der Waals surface area contributed by atoms with Crippen LogP contribution in [0.25, 0.3) is 6.08 Å². The third kappa shape index (κ3) is 4.90. The number of likely N-dealkylation sites (N-methyl/N-ethyl adjacent to an activating group) is 1. The van der Waals surface area contributed by atoms with Crippen LogP contribution in [0, 0.1) is 0 Å². The summed E-state index contributed by atoms with van der Waals surface area (Å²) in [5.74, 6) is -0.130. The number of amidine groups is 1. The van der Waals surface area contributed by atoms with Crippen molar-refractivity contribution in [3.05, 3.63) is 64.0 Å². The van der Waals surface area contributed by atoms with Gasteiger partial charge in [0.1, 0.15) is 5.75 Å². The van der Waals surface area contributed by atoms with Gasteiger partial charge in [0.05, 0.1) is 10.6 Å². The first-order chi connectivity index (χ1) is 12.9. The maximum atomic E-state index is 12.5. The molecule has 0 spiro atoms. The number of rotatable bonds is 5. The quantitative estimate of drug-likeness (QED) is 0.777. The third-order valence-electron chi connectivity index (χ3n) is 3.61. The normalized spacial score (nSPS) is 17.0. The fourth-order valence-corrected chi connectivity index (χ4v) is 3.36. The Hall–Kier alpha value is -2.77. The van der Waals surface area contributed by atoms with E-state index in [1.165, 1.54) is 16.7 Å². The number of nitrogens with two attached hydrogens (primary N) is 1. The van der Waals surface area contributed by atoms with Crippen LogP contribution in [-0.4, -0.2) is 35.5 Å². The van der Waals surface area contributed by atoms with Crippen LogP contribution >= 0.6 is 23.4 Å². The van der Waals surface area contributed by atoms with Gasteiger partial charge in [0.2, 0.25) is 0 Å². The topological polar surface area (TPSA) is 85.0 Å². The number of hydrogen-bond donors (Lipinski definition) is 1. The van der Waals surface area contributed by atoms with Crippen LogP contribution in [-0.2, 0) is 9.59 Å². The molecule has 0 saturated carbocycles. The zero-order valence-electron chi connectivity index (χ0n) is 14.4. The first-order valence-electron chi connectivity index (χ1n) is 7.95. The summed E-state index contributed by atoms with van der Waals surface area (Å²) in [5.41, 5.74) is 6.60. The summed E-state index contributed by atoms with van der Waals surface area (Å²) in [6.07, 6.45) is 1.78. The van der Waals surface area contributed by atoms with Gasteiger partial charge in [-0.25, -0.2) is 4.99 Å². The minimum atomic E-state index is -0.537. The van der Waals surface area contributed by atoms with Crippen molar-refractivity contribution in [1.82, 2.24) is 4.90 Å². The van der Waals surface area contributed by atoms with Crippen molar-refractivity contribution in [1.29, 1.82) is 0 Å². The highest BCUT2D eigenvalue weighted by Gasteiger charge is 2.30. The number of aliphatic imine (C=N–C) groups is 1. The molecule has 1 aliphatic heterocycles. The molecule has 1 heterocycles. The number of thioether (sulfide) groups is 1. The van der Waals surface area contributed by atoms with Gasteiger partial charge in [-0.2, -0.15) is 0 Å². The van der Waals surface area contributed by atoms with E-state index >= 15 is 0 Å². The van der Waals surface area contributed by atoms with Gasteiger partial charge in [0.15, 0.2) is 11.8 Å². The second-order valence-electron chi connectivity index (χ2n) is 5.67. The maximum Gasteiger partial charge on any atom is 0.266 e. The number of ether oxygens (including phenoxy) is 1. The molecule has 1 fully saturated rings. The predicted octanol–water partition coefficient (Wildman–Crippen LogP) is 3.44. The van der Waals surface area contributed by atoms with Crippen molar-refractivity contribution >= 4 is 52.1 Å². The van der Waals surface area contributed by atoms with Crippen molar-refractivity contribution in [3.8, 4) is 5.75 Å². The van der Waals surface area contributed by atoms with Crippen LogP contribution in [0.2, 0.25) is 5.02 Å². The van der Waals surface area contributed by atoms with Gasteiger partial charge in [-0.3, -0.25) is 14.5 Å². The first kappa shape index (κ1) is 19.0. The highest BCUT2D eigenvalue weighted by atomic mass is 35.5. The molecule has 0 aromatic heterocycles. The van der Waals surface area contributed by atoms with Gasteiger partial charge in [0.25, 0.3) is 11.8 Å². The smallest absolute Gasteiger partial charge is 0.266 e. The van der Waals surface area contributed by atoms with E-state index in [-0.39, 0.29) is 12.5 Å². The lowest BCUT2D eigenvalue weighted by Gasteiger charge is -2.07. The van der Waals surface area contributed by atoms with Crippen LogP contribution in [0.15, 0.2) is 58.4 Å². The zero-order valence-corrected chi connectivity index (χ0v) is 16.0. The van der Waals surface area contributed by atoms with Crippen molar-refractivity contribution in [3.63, 3.8) is 0 Å². The van der Waals surface area contributed by atoms with Gasteiger partial charge in [0, 0.05) is 12.1 Å². The molecule has 8 heteroatoms. The highest BCUT2D eigenvalue weighted by molar-refractivity contribution is 8.18. The molecule has 6 nitrogen and oxygen atoms in total. The second kappa shape index (κ2) is 8.28. The van der Waals surface area contributed by atoms with Crippen molar-refractivity contribution in [2.45, 2.75) is 0 Å². The van der Waals surface area contributed by atoms with Crippen LogP contribution in [0.4, 0.5) is 5.69 Å². The Morgan fingerprint density at radius 2 is 1.89 bits per heavy atom. The van der Waals surface area contributed by atoms with E-state index in [0.717, 1.165) is 11.3 Å². The van der Waals surface area contributed by atoms with Gasteiger partial charge in [-0.05, 0) is 59.8 Å². The zero-order chi connectivity index (χ0) is 19.4. The Morgan fingerprint density at radius 1 is 1.22 bits per heavy atom. The molecule has 138 valence electrons. The number of amides is 2. The van der Waals surface area contributed by atoms with Crippen LogP contribution in [0.1, 0.15) is 5.56 Å². The Labute approximate surface area is 165 Å². The maximum absolute atomic E-state index is 12.5. The average molecular weight is 402 g/mol. The molecule has 0 unspecified atom stereocenters. The van der Waals surface area contributed by atoms with Crippen molar-refractivity contribution < 1.29 is 14.3 Å². The van der Waals surface area contributed by atoms with E-state index in [9.17, 15) is 9.59 Å². The third-order valence-corrected chi connectivity index (χ3v) is 4.93. The summed E-state index contributed by atoms with van der Waals surface area (Å²) < 4.78 is 5.22. The summed E-state index contributed by atoms with van der Waals surface area (Å²) in [7, 11) is 1.69. The molecule has 0 bridgehead atoms. The summed E-state index contributed by atoms with van der Waals surface area (Å²) in [6, 6.07) is 14.1. The summed E-state index contributed by atoms with van der Waals surface area (Å²) in [6.45, 7) is -0.176. The predicted molar refractivity (Wildman–Crippen MR) is 108 cm³/mol. The number of halogens is 1. The fraction of sp³-hybridized carbons (Fsp3) is 0.105. The van der Waals surface area contributed by atoms with Crippen LogP contribution < -0.4 is 10.5 Å². The number of hydrogen-bond acceptors (Lipinski definition) is 5. The minimum absolute atomic E-state index is 0.123. The van der Waals surface area contributed by atoms with Gasteiger partial charge < -0.3 is 10.5 Å². The van der Waals surface area contributed by atoms with E-state index in [2.05, 4.69) is 4.99 Å². The van der Waals surface area contributed by atoms with E-state index in [4.69, 9.17) is 22.1 Å². The lowest BCUT2D eigenvalue weighted by atomic mass is 10.2. The molecular formula is C19H16ClN3O3S. The Morgan fingerprint density at radius 3 is 2.52 bits per heavy atom. The molecule has 0 atom stereocenters. The molecule has 2 N–H and O–H groups in total. The van der Waals surface area contributed by atoms with Crippen molar-refractivity contribution in [2.24, 2.45) is 10.7 Å². The van der Waals surface area contributed by atoms with E-state index < -0.39 is 5.91 Å². The van der Waals surface area contributed by atoms with Gasteiger partial charge >= 0.3 is 0 Å². The van der Waals surface area contributed by atoms with Crippen LogP contribution in [0.5, 0.6) is 5.75 Å². The molecule has 2 amide bonds. The first-order valence-corrected chi connectivity index (χ1v) is 9.15. The SMILES string of the molecule is CN1C(=O)/C(=C\c2ccc(OCC(N)=O)cc2)SC1=Nc1ccc(Cl)cc1. The standard InChI is InChI=1S/C19H16ClN3O3S/c1-23-18(25)16(27-19(23)22-14-6-4-13(20)5-7-14)10-12-2-8-15(9-3-12)26-11-17(21)24/h2-10H,11H2,1H3,(H2,21,24)/b16-10+,22-19?. The lowest BCUT2D eigenvalue weighted by molar-refractivity contribution is -0.121. The van der Waals surface area contributed by atoms with Crippen LogP contribution in [0.3, 0.4) is 0 Å². The molecule has 2 aromatic rings. The molecular weight excluding hydrogens is 386 g/mol. The Balaban J connectivity index is 1.75. The van der Waals surface area contributed by atoms with Crippen molar-refractivity contribution in [2.75, 3.05) is 13.7 Å². The molecule has 0 aliphatic carbocycles. The largest absolute Gasteiger partial charge is 0.484 e. The molecule has 2 aromatic carbocycles. The number of carbonyl (C=O) groups is 2. The number of primary amides is 1. The van der Waals surface area contributed by atoms with E-state index in [0.29, 0.717) is 20.8 Å². The summed E-state index contributed by atoms with van der Waals surface area (Å²) in [4.78, 5) is 29.8. The Bertz CT molecular complexity index is 924. The number of carbonyl (C=O) groups excluding carboxylic acids is 2. The number of benzene rings is 2. The molecule has 0 radical (unpaired) electrons. The molecule has 27 heavy (non-hydrogen) atoms. The van der Waals surface area contributed by atoms with E-state index in [1.807, 2.05) is 0 Å².